The maximum Gasteiger partial charge on any atom is 0.226 e. The van der Waals surface area contributed by atoms with Gasteiger partial charge in [0.2, 0.25) is 5.91 Å². The summed E-state index contributed by atoms with van der Waals surface area (Å²) in [6, 6.07) is 16.7. The highest BCUT2D eigenvalue weighted by atomic mass is 32.1. The number of carbonyl (C=O) groups excluding carboxylic acids is 1. The summed E-state index contributed by atoms with van der Waals surface area (Å²) in [7, 11) is 0. The monoisotopic (exact) mass is 501 g/mol. The van der Waals surface area contributed by atoms with Gasteiger partial charge in [0.25, 0.3) is 0 Å². The van der Waals surface area contributed by atoms with Gasteiger partial charge in [-0.15, -0.1) is 0 Å². The predicted octanol–water partition coefficient (Wildman–Crippen LogP) is 5.92. The lowest BCUT2D eigenvalue weighted by Crippen LogP contribution is -2.33. The fourth-order valence-corrected chi connectivity index (χ4v) is 6.23. The Labute approximate surface area is 219 Å². The first kappa shape index (κ1) is 24.5. The van der Waals surface area contributed by atoms with E-state index in [4.69, 9.17) is 12.2 Å². The van der Waals surface area contributed by atoms with Gasteiger partial charge < -0.3 is 20.1 Å². The summed E-state index contributed by atoms with van der Waals surface area (Å²) in [4.78, 5) is 19.7. The highest BCUT2D eigenvalue weighted by Gasteiger charge is 2.41. The standard InChI is InChI=1S/C29H35N5OS/c1-19-11-13-22(14-12-19)31-26(35)15-17-33-28(27(32-29(33)36)25-10-6-7-16-30-25)24-18-20(2)34(21(24)3)23-8-4-5-9-23/h6-7,10-14,16,18,23,27-28H,4-5,8-9,15,17H2,1-3H3,(H,31,35)(H,32,36)/t27-,28+/m0/s1. The Morgan fingerprint density at radius 2 is 1.86 bits per heavy atom. The van der Waals surface area contributed by atoms with E-state index < -0.39 is 0 Å². The number of hydrogen-bond acceptors (Lipinski definition) is 3. The van der Waals surface area contributed by atoms with Crippen LogP contribution in [0.4, 0.5) is 5.69 Å². The van der Waals surface area contributed by atoms with E-state index in [0.29, 0.717) is 24.1 Å². The Kier molecular flexibility index (Phi) is 7.10. The van der Waals surface area contributed by atoms with E-state index in [1.54, 1.807) is 0 Å². The Hall–Kier alpha value is -3.19. The molecule has 0 radical (unpaired) electrons. The molecule has 0 bridgehead atoms. The Balaban J connectivity index is 1.42. The van der Waals surface area contributed by atoms with Gasteiger partial charge in [-0.25, -0.2) is 0 Å². The fourth-order valence-electron chi connectivity index (χ4n) is 5.89. The molecule has 6 nitrogen and oxygen atoms in total. The second-order valence-corrected chi connectivity index (χ2v) is 10.5. The van der Waals surface area contributed by atoms with Gasteiger partial charge in [0, 0.05) is 42.3 Å². The molecule has 2 atom stereocenters. The van der Waals surface area contributed by atoms with Gasteiger partial charge in [0.15, 0.2) is 5.11 Å². The van der Waals surface area contributed by atoms with Crippen molar-refractivity contribution in [3.8, 4) is 0 Å². The van der Waals surface area contributed by atoms with Crippen LogP contribution in [0.25, 0.3) is 0 Å². The number of pyridine rings is 1. The minimum atomic E-state index is -0.0728. The molecule has 1 saturated carbocycles. The summed E-state index contributed by atoms with van der Waals surface area (Å²) in [6.45, 7) is 7.02. The number of hydrogen-bond donors (Lipinski definition) is 2. The second-order valence-electron chi connectivity index (χ2n) is 10.1. The van der Waals surface area contributed by atoms with E-state index >= 15 is 0 Å². The molecule has 5 rings (SSSR count). The molecule has 36 heavy (non-hydrogen) atoms. The van der Waals surface area contributed by atoms with E-state index in [2.05, 4.69) is 51.1 Å². The van der Waals surface area contributed by atoms with Gasteiger partial charge >= 0.3 is 0 Å². The number of aromatic nitrogens is 2. The summed E-state index contributed by atoms with van der Waals surface area (Å²) in [5.41, 5.74) is 6.80. The van der Waals surface area contributed by atoms with Crippen LogP contribution in [0.5, 0.6) is 0 Å². The third kappa shape index (κ3) is 4.89. The van der Waals surface area contributed by atoms with Crippen molar-refractivity contribution in [2.24, 2.45) is 0 Å². The molecular formula is C29H35N5OS. The molecule has 1 aliphatic heterocycles. The first-order valence-corrected chi connectivity index (χ1v) is 13.4. The molecule has 3 heterocycles. The Morgan fingerprint density at radius 1 is 1.11 bits per heavy atom. The number of carbonyl (C=O) groups is 1. The van der Waals surface area contributed by atoms with Crippen LogP contribution < -0.4 is 10.6 Å². The quantitative estimate of drug-likeness (QED) is 0.393. The van der Waals surface area contributed by atoms with E-state index in [9.17, 15) is 4.79 Å². The molecule has 0 unspecified atom stereocenters. The SMILES string of the molecule is Cc1ccc(NC(=O)CCN2C(=S)N[C@@H](c3ccccn3)[C@H]2c2cc(C)n(C3CCCC3)c2C)cc1. The molecule has 2 fully saturated rings. The summed E-state index contributed by atoms with van der Waals surface area (Å²) in [6.07, 6.45) is 7.25. The fraction of sp³-hybridized carbons (Fsp3) is 0.414. The average molecular weight is 502 g/mol. The highest BCUT2D eigenvalue weighted by Crippen LogP contribution is 2.43. The van der Waals surface area contributed by atoms with Gasteiger partial charge in [0.1, 0.15) is 0 Å². The molecule has 2 N–H and O–H groups in total. The zero-order valence-corrected chi connectivity index (χ0v) is 22.1. The van der Waals surface area contributed by atoms with Crippen LogP contribution in [0.15, 0.2) is 54.7 Å². The molecule has 7 heteroatoms. The average Bonchev–Trinajstić information content (AvgIpc) is 3.58. The molecule has 3 aromatic rings. The Morgan fingerprint density at radius 3 is 2.56 bits per heavy atom. The molecule has 1 aromatic carbocycles. The van der Waals surface area contributed by atoms with Crippen LogP contribution in [0.1, 0.15) is 78.4 Å². The van der Waals surface area contributed by atoms with E-state index in [0.717, 1.165) is 11.4 Å². The molecule has 188 valence electrons. The van der Waals surface area contributed by atoms with Gasteiger partial charge in [-0.2, -0.15) is 0 Å². The number of nitrogens with one attached hydrogen (secondary N) is 2. The lowest BCUT2D eigenvalue weighted by Gasteiger charge is -2.28. The van der Waals surface area contributed by atoms with E-state index in [-0.39, 0.29) is 18.0 Å². The van der Waals surface area contributed by atoms with Crippen molar-refractivity contribution in [1.82, 2.24) is 19.8 Å². The number of thiocarbonyl (C=S) groups is 1. The van der Waals surface area contributed by atoms with Crippen LogP contribution in [-0.4, -0.2) is 32.0 Å². The molecule has 1 amide bonds. The van der Waals surface area contributed by atoms with Gasteiger partial charge in [-0.3, -0.25) is 9.78 Å². The highest BCUT2D eigenvalue weighted by molar-refractivity contribution is 7.80. The summed E-state index contributed by atoms with van der Waals surface area (Å²) < 4.78 is 2.53. The smallest absolute Gasteiger partial charge is 0.226 e. The molecular weight excluding hydrogens is 466 g/mol. The van der Waals surface area contributed by atoms with Crippen LogP contribution in [0.2, 0.25) is 0 Å². The zero-order chi connectivity index (χ0) is 25.2. The van der Waals surface area contributed by atoms with Crippen LogP contribution >= 0.6 is 12.2 Å². The van der Waals surface area contributed by atoms with Crippen LogP contribution in [-0.2, 0) is 4.79 Å². The van der Waals surface area contributed by atoms with Crippen molar-refractivity contribution < 1.29 is 4.79 Å². The lowest BCUT2D eigenvalue weighted by atomic mass is 9.96. The third-order valence-electron chi connectivity index (χ3n) is 7.64. The number of nitrogens with zero attached hydrogens (tertiary/aromatic N) is 3. The van der Waals surface area contributed by atoms with Crippen molar-refractivity contribution >= 4 is 28.9 Å². The number of benzene rings is 1. The number of rotatable bonds is 7. The van der Waals surface area contributed by atoms with Crippen molar-refractivity contribution in [3.63, 3.8) is 0 Å². The second kappa shape index (κ2) is 10.4. The van der Waals surface area contributed by atoms with Crippen LogP contribution in [0.3, 0.4) is 0 Å². The first-order valence-electron chi connectivity index (χ1n) is 13.0. The van der Waals surface area contributed by atoms with Crippen LogP contribution in [0, 0.1) is 20.8 Å². The van der Waals surface area contributed by atoms with Gasteiger partial charge in [0.05, 0.1) is 17.8 Å². The third-order valence-corrected chi connectivity index (χ3v) is 8.00. The maximum atomic E-state index is 12.8. The summed E-state index contributed by atoms with van der Waals surface area (Å²) >= 11 is 5.83. The van der Waals surface area contributed by atoms with Crippen molar-refractivity contribution in [3.05, 3.63) is 82.9 Å². The first-order chi connectivity index (χ1) is 17.4. The summed E-state index contributed by atoms with van der Waals surface area (Å²) in [5.74, 6) is -0.0156. The maximum absolute atomic E-state index is 12.8. The lowest BCUT2D eigenvalue weighted by molar-refractivity contribution is -0.116. The van der Waals surface area contributed by atoms with Gasteiger partial charge in [-0.05, 0) is 81.7 Å². The zero-order valence-electron chi connectivity index (χ0n) is 21.3. The number of aryl methyl sites for hydroxylation is 2. The Bertz CT molecular complexity index is 1230. The minimum Gasteiger partial charge on any atom is -0.352 e. The van der Waals surface area contributed by atoms with Gasteiger partial charge in [-0.1, -0.05) is 36.6 Å². The largest absolute Gasteiger partial charge is 0.352 e. The molecule has 1 aliphatic carbocycles. The summed E-state index contributed by atoms with van der Waals surface area (Å²) in [5, 5.41) is 7.22. The molecule has 0 spiro atoms. The normalized spacial score (nSPS) is 20.1. The number of anilines is 1. The van der Waals surface area contributed by atoms with Crippen molar-refractivity contribution in [2.75, 3.05) is 11.9 Å². The minimum absolute atomic E-state index is 0.0156. The van der Waals surface area contributed by atoms with E-state index in [1.807, 2.05) is 49.5 Å². The molecule has 2 aromatic heterocycles. The van der Waals surface area contributed by atoms with E-state index in [1.165, 1.54) is 48.2 Å². The molecule has 2 aliphatic rings. The number of amides is 1. The topological polar surface area (TPSA) is 62.2 Å². The molecule has 1 saturated heterocycles. The van der Waals surface area contributed by atoms with Crippen molar-refractivity contribution in [1.29, 1.82) is 0 Å². The predicted molar refractivity (Wildman–Crippen MR) is 148 cm³/mol. The van der Waals surface area contributed by atoms with Crippen molar-refractivity contribution in [2.45, 2.75) is 71.0 Å².